The van der Waals surface area contributed by atoms with Crippen molar-refractivity contribution < 1.29 is 8.81 Å². The summed E-state index contributed by atoms with van der Waals surface area (Å²) in [6.45, 7) is 0.429. The Labute approximate surface area is 150 Å². The van der Waals surface area contributed by atoms with Gasteiger partial charge in [0.05, 0.1) is 0 Å². The number of benzene rings is 2. The van der Waals surface area contributed by atoms with E-state index in [4.69, 9.17) is 4.42 Å². The fourth-order valence-electron chi connectivity index (χ4n) is 2.46. The summed E-state index contributed by atoms with van der Waals surface area (Å²) in [6.07, 6.45) is 1.68. The zero-order chi connectivity index (χ0) is 16.4. The molecule has 0 saturated carbocycles. The molecule has 2 aromatic heterocycles. The van der Waals surface area contributed by atoms with Crippen LogP contribution in [0.3, 0.4) is 0 Å². The number of hydrogen-bond acceptors (Lipinski definition) is 4. The number of nitrogens with zero attached hydrogens (tertiary/aromatic N) is 2. The first kappa shape index (κ1) is 16.9. The third-order valence-corrected chi connectivity index (χ3v) is 3.74. The average Bonchev–Trinajstić information content (AvgIpc) is 3.06. The van der Waals surface area contributed by atoms with E-state index in [1.165, 1.54) is 6.07 Å². The van der Waals surface area contributed by atoms with Gasteiger partial charge in [0.2, 0.25) is 5.89 Å². The Bertz CT molecular complexity index is 952. The first-order chi connectivity index (χ1) is 11.8. The van der Waals surface area contributed by atoms with Crippen LogP contribution in [0.5, 0.6) is 0 Å². The number of hydrogen-bond donors (Lipinski definition) is 1. The highest BCUT2D eigenvalue weighted by atomic mass is 35.5. The standard InChI is InChI=1S/C19H14FN3O.ClH/c20-16-5-2-1-4-14(16)12-22-15-9-7-13(8-10-15)19-23-18-17(24-19)6-3-11-21-18;/h1-11,22H,12H2;1H. The lowest BCUT2D eigenvalue weighted by molar-refractivity contribution is 0.613. The molecule has 1 N–H and O–H groups in total. The van der Waals surface area contributed by atoms with Crippen LogP contribution in [-0.2, 0) is 6.54 Å². The molecule has 0 spiro atoms. The molecule has 4 nitrogen and oxygen atoms in total. The lowest BCUT2D eigenvalue weighted by Gasteiger charge is -2.07. The predicted octanol–water partition coefficient (Wildman–Crippen LogP) is 5.06. The molecular weight excluding hydrogens is 341 g/mol. The van der Waals surface area contributed by atoms with E-state index in [9.17, 15) is 4.39 Å². The molecule has 0 unspecified atom stereocenters. The molecule has 0 aliphatic rings. The van der Waals surface area contributed by atoms with Crippen LogP contribution in [-0.4, -0.2) is 9.97 Å². The third kappa shape index (κ3) is 3.61. The molecule has 4 rings (SSSR count). The molecule has 0 aliphatic carbocycles. The lowest BCUT2D eigenvalue weighted by atomic mass is 10.2. The van der Waals surface area contributed by atoms with Crippen LogP contribution in [0.15, 0.2) is 71.3 Å². The second-order valence-corrected chi connectivity index (χ2v) is 5.37. The van der Waals surface area contributed by atoms with E-state index >= 15 is 0 Å². The summed E-state index contributed by atoms with van der Waals surface area (Å²) in [5.74, 6) is 0.324. The number of pyridine rings is 1. The summed E-state index contributed by atoms with van der Waals surface area (Å²) < 4.78 is 19.3. The van der Waals surface area contributed by atoms with Gasteiger partial charge in [-0.3, -0.25) is 0 Å². The topological polar surface area (TPSA) is 51.0 Å². The minimum absolute atomic E-state index is 0. The summed E-state index contributed by atoms with van der Waals surface area (Å²) in [6, 6.07) is 18.0. The summed E-state index contributed by atoms with van der Waals surface area (Å²) >= 11 is 0. The highest BCUT2D eigenvalue weighted by molar-refractivity contribution is 5.85. The van der Waals surface area contributed by atoms with Crippen LogP contribution in [0.2, 0.25) is 0 Å². The van der Waals surface area contributed by atoms with Crippen LogP contribution < -0.4 is 5.32 Å². The SMILES string of the molecule is Cl.Fc1ccccc1CNc1ccc(-c2nc3ncccc3o2)cc1. The van der Waals surface area contributed by atoms with Crippen molar-refractivity contribution in [2.24, 2.45) is 0 Å². The van der Waals surface area contributed by atoms with Gasteiger partial charge in [0.15, 0.2) is 11.2 Å². The van der Waals surface area contributed by atoms with Crippen molar-refractivity contribution in [3.63, 3.8) is 0 Å². The van der Waals surface area contributed by atoms with Gasteiger partial charge in [-0.05, 0) is 42.5 Å². The van der Waals surface area contributed by atoms with Crippen LogP contribution >= 0.6 is 12.4 Å². The zero-order valence-corrected chi connectivity index (χ0v) is 14.0. The van der Waals surface area contributed by atoms with Gasteiger partial charge in [-0.1, -0.05) is 18.2 Å². The summed E-state index contributed by atoms with van der Waals surface area (Å²) in [5, 5.41) is 3.20. The van der Waals surface area contributed by atoms with E-state index in [-0.39, 0.29) is 18.2 Å². The van der Waals surface area contributed by atoms with Crippen molar-refractivity contribution in [1.82, 2.24) is 9.97 Å². The first-order valence-electron chi connectivity index (χ1n) is 7.59. The second-order valence-electron chi connectivity index (χ2n) is 5.37. The van der Waals surface area contributed by atoms with E-state index < -0.39 is 0 Å². The van der Waals surface area contributed by atoms with Crippen molar-refractivity contribution in [3.8, 4) is 11.5 Å². The monoisotopic (exact) mass is 355 g/mol. The molecule has 0 radical (unpaired) electrons. The van der Waals surface area contributed by atoms with Gasteiger partial charge in [0, 0.05) is 29.6 Å². The van der Waals surface area contributed by atoms with Crippen molar-refractivity contribution in [2.75, 3.05) is 5.32 Å². The Morgan fingerprint density at radius 2 is 1.76 bits per heavy atom. The number of nitrogens with one attached hydrogen (secondary N) is 1. The smallest absolute Gasteiger partial charge is 0.228 e. The molecule has 2 heterocycles. The summed E-state index contributed by atoms with van der Waals surface area (Å²) in [4.78, 5) is 8.53. The number of anilines is 1. The average molecular weight is 356 g/mol. The van der Waals surface area contributed by atoms with E-state index in [1.54, 1.807) is 18.3 Å². The third-order valence-electron chi connectivity index (χ3n) is 3.74. The highest BCUT2D eigenvalue weighted by Crippen LogP contribution is 2.24. The minimum atomic E-state index is -0.208. The van der Waals surface area contributed by atoms with Crippen LogP contribution in [0.25, 0.3) is 22.7 Å². The largest absolute Gasteiger partial charge is 0.434 e. The second kappa shape index (κ2) is 7.32. The molecule has 2 aromatic carbocycles. The summed E-state index contributed by atoms with van der Waals surface area (Å²) in [7, 11) is 0. The van der Waals surface area contributed by atoms with Gasteiger partial charge in [0.25, 0.3) is 0 Å². The number of halogens is 2. The van der Waals surface area contributed by atoms with Gasteiger partial charge in [-0.15, -0.1) is 12.4 Å². The molecule has 4 aromatic rings. The molecule has 126 valence electrons. The molecule has 0 atom stereocenters. The van der Waals surface area contributed by atoms with Gasteiger partial charge >= 0.3 is 0 Å². The zero-order valence-electron chi connectivity index (χ0n) is 13.1. The van der Waals surface area contributed by atoms with Gasteiger partial charge in [0.1, 0.15) is 5.82 Å². The Morgan fingerprint density at radius 1 is 0.960 bits per heavy atom. The van der Waals surface area contributed by atoms with Gasteiger partial charge in [-0.25, -0.2) is 9.37 Å². The Hall–Kier alpha value is -2.92. The normalized spacial score (nSPS) is 10.4. The molecule has 0 fully saturated rings. The summed E-state index contributed by atoms with van der Waals surface area (Å²) in [5.41, 5.74) is 3.65. The molecule has 0 amide bonds. The Kier molecular flexibility index (Phi) is 4.95. The number of oxazole rings is 1. The van der Waals surface area contributed by atoms with Crippen LogP contribution in [0, 0.1) is 5.82 Å². The highest BCUT2D eigenvalue weighted by Gasteiger charge is 2.08. The Balaban J connectivity index is 0.00000182. The van der Waals surface area contributed by atoms with Gasteiger partial charge in [-0.2, -0.15) is 4.98 Å². The number of aromatic nitrogens is 2. The first-order valence-corrected chi connectivity index (χ1v) is 7.59. The maximum atomic E-state index is 13.6. The van der Waals surface area contributed by atoms with Crippen molar-refractivity contribution in [2.45, 2.75) is 6.54 Å². The molecule has 0 aliphatic heterocycles. The fourth-order valence-corrected chi connectivity index (χ4v) is 2.46. The molecule has 25 heavy (non-hydrogen) atoms. The predicted molar refractivity (Wildman–Crippen MR) is 98.2 cm³/mol. The molecule has 0 bridgehead atoms. The molecule has 0 saturated heterocycles. The van der Waals surface area contributed by atoms with Crippen LogP contribution in [0.1, 0.15) is 5.56 Å². The van der Waals surface area contributed by atoms with E-state index in [2.05, 4.69) is 15.3 Å². The van der Waals surface area contributed by atoms with Crippen molar-refractivity contribution in [1.29, 1.82) is 0 Å². The number of fused-ring (bicyclic) bond motifs is 1. The number of rotatable bonds is 4. The van der Waals surface area contributed by atoms with Crippen LogP contribution in [0.4, 0.5) is 10.1 Å². The van der Waals surface area contributed by atoms with Crippen molar-refractivity contribution in [3.05, 3.63) is 78.2 Å². The quantitative estimate of drug-likeness (QED) is 0.555. The maximum Gasteiger partial charge on any atom is 0.228 e. The lowest BCUT2D eigenvalue weighted by Crippen LogP contribution is -2.01. The van der Waals surface area contributed by atoms with E-state index in [0.29, 0.717) is 29.2 Å². The molecule has 6 heteroatoms. The van der Waals surface area contributed by atoms with Gasteiger partial charge < -0.3 is 9.73 Å². The fraction of sp³-hybridized carbons (Fsp3) is 0.0526. The van der Waals surface area contributed by atoms with E-state index in [1.807, 2.05) is 42.5 Å². The van der Waals surface area contributed by atoms with E-state index in [0.717, 1.165) is 11.3 Å². The molecular formula is C19H15ClFN3O. The Morgan fingerprint density at radius 3 is 2.52 bits per heavy atom. The van der Waals surface area contributed by atoms with Crippen molar-refractivity contribution >= 4 is 29.3 Å². The maximum absolute atomic E-state index is 13.6. The minimum Gasteiger partial charge on any atom is -0.434 e.